The first kappa shape index (κ1) is 14.9. The Hall–Kier alpha value is -1.53. The number of carbonyl (C=O) groups is 1. The fourth-order valence-corrected chi connectivity index (χ4v) is 2.58. The van der Waals surface area contributed by atoms with Crippen LogP contribution >= 0.6 is 0 Å². The van der Waals surface area contributed by atoms with E-state index in [0.29, 0.717) is 32.5 Å². The highest BCUT2D eigenvalue weighted by atomic mass is 19.1. The van der Waals surface area contributed by atoms with Gasteiger partial charge in [0.1, 0.15) is 11.6 Å². The van der Waals surface area contributed by atoms with Crippen molar-refractivity contribution < 1.29 is 13.6 Å². The van der Waals surface area contributed by atoms with Gasteiger partial charge in [0.05, 0.1) is 0 Å². The second-order valence-electron chi connectivity index (χ2n) is 5.25. The number of amides is 1. The summed E-state index contributed by atoms with van der Waals surface area (Å²) in [6.07, 6.45) is 1.38. The standard InChI is InChI=1S/C14H19F2N3O/c15-10-1-2-12(16)11(7-10)13(17)8-19-5-3-9(4-6-19)14(18)20/h1-2,7,9,13H,3-6,8,17H2,(H2,18,20). The summed E-state index contributed by atoms with van der Waals surface area (Å²) in [7, 11) is 0. The van der Waals surface area contributed by atoms with Crippen molar-refractivity contribution in [1.82, 2.24) is 4.90 Å². The highest BCUT2D eigenvalue weighted by molar-refractivity contribution is 5.76. The third kappa shape index (κ3) is 3.52. The van der Waals surface area contributed by atoms with Gasteiger partial charge in [-0.2, -0.15) is 0 Å². The number of rotatable bonds is 4. The van der Waals surface area contributed by atoms with Crippen LogP contribution in [-0.4, -0.2) is 30.4 Å². The van der Waals surface area contributed by atoms with E-state index in [2.05, 4.69) is 4.90 Å². The molecule has 4 nitrogen and oxygen atoms in total. The van der Waals surface area contributed by atoms with Crippen LogP contribution in [-0.2, 0) is 4.79 Å². The Labute approximate surface area is 116 Å². The SMILES string of the molecule is NC(=O)C1CCN(CC(N)c2cc(F)ccc2F)CC1. The van der Waals surface area contributed by atoms with E-state index in [1.165, 1.54) is 0 Å². The number of benzene rings is 1. The largest absolute Gasteiger partial charge is 0.369 e. The van der Waals surface area contributed by atoms with Crippen LogP contribution in [0.25, 0.3) is 0 Å². The molecule has 0 aromatic heterocycles. The first-order valence-electron chi connectivity index (χ1n) is 6.69. The normalized spacial score (nSPS) is 18.9. The monoisotopic (exact) mass is 283 g/mol. The van der Waals surface area contributed by atoms with Gasteiger partial charge in [-0.1, -0.05) is 0 Å². The maximum absolute atomic E-state index is 13.6. The van der Waals surface area contributed by atoms with Gasteiger partial charge in [-0.15, -0.1) is 0 Å². The second kappa shape index (κ2) is 6.28. The van der Waals surface area contributed by atoms with Crippen molar-refractivity contribution in [3.05, 3.63) is 35.4 Å². The molecule has 1 aromatic rings. The Morgan fingerprint density at radius 3 is 2.60 bits per heavy atom. The lowest BCUT2D eigenvalue weighted by Crippen LogP contribution is -2.41. The number of hydrogen-bond donors (Lipinski definition) is 2. The molecule has 2 rings (SSSR count). The predicted octanol–water partition coefficient (Wildman–Crippen LogP) is 1.16. The molecule has 1 saturated heterocycles. The number of nitrogens with zero attached hydrogens (tertiary/aromatic N) is 1. The van der Waals surface area contributed by atoms with Gasteiger partial charge in [0.25, 0.3) is 0 Å². The third-order valence-corrected chi connectivity index (χ3v) is 3.80. The second-order valence-corrected chi connectivity index (χ2v) is 5.25. The summed E-state index contributed by atoms with van der Waals surface area (Å²) in [5.41, 5.74) is 11.4. The number of halogens is 2. The number of primary amides is 1. The number of likely N-dealkylation sites (tertiary alicyclic amines) is 1. The van der Waals surface area contributed by atoms with E-state index >= 15 is 0 Å². The van der Waals surface area contributed by atoms with E-state index in [-0.39, 0.29) is 17.4 Å². The molecule has 1 unspecified atom stereocenters. The van der Waals surface area contributed by atoms with Crippen molar-refractivity contribution in [2.45, 2.75) is 18.9 Å². The lowest BCUT2D eigenvalue weighted by Gasteiger charge is -2.32. The molecule has 0 bridgehead atoms. The summed E-state index contributed by atoms with van der Waals surface area (Å²) >= 11 is 0. The van der Waals surface area contributed by atoms with Crippen molar-refractivity contribution >= 4 is 5.91 Å². The van der Waals surface area contributed by atoms with Gasteiger partial charge in [0.15, 0.2) is 0 Å². The number of piperidine rings is 1. The average Bonchev–Trinajstić information content (AvgIpc) is 2.42. The van der Waals surface area contributed by atoms with Crippen molar-refractivity contribution in [1.29, 1.82) is 0 Å². The van der Waals surface area contributed by atoms with Crippen LogP contribution in [0, 0.1) is 17.6 Å². The highest BCUT2D eigenvalue weighted by Gasteiger charge is 2.25. The minimum Gasteiger partial charge on any atom is -0.369 e. The molecule has 1 aliphatic heterocycles. The topological polar surface area (TPSA) is 72.4 Å². The highest BCUT2D eigenvalue weighted by Crippen LogP contribution is 2.21. The van der Waals surface area contributed by atoms with Crippen LogP contribution in [0.4, 0.5) is 8.78 Å². The number of hydrogen-bond acceptors (Lipinski definition) is 3. The molecule has 1 amide bonds. The molecule has 110 valence electrons. The molecule has 4 N–H and O–H groups in total. The molecule has 20 heavy (non-hydrogen) atoms. The zero-order valence-corrected chi connectivity index (χ0v) is 11.2. The van der Waals surface area contributed by atoms with Gasteiger partial charge in [-0.3, -0.25) is 4.79 Å². The summed E-state index contributed by atoms with van der Waals surface area (Å²) in [6.45, 7) is 1.82. The average molecular weight is 283 g/mol. The van der Waals surface area contributed by atoms with E-state index < -0.39 is 17.7 Å². The molecular weight excluding hydrogens is 264 g/mol. The predicted molar refractivity (Wildman–Crippen MR) is 71.6 cm³/mol. The lowest BCUT2D eigenvalue weighted by molar-refractivity contribution is -0.123. The number of nitrogens with two attached hydrogens (primary N) is 2. The molecule has 1 heterocycles. The van der Waals surface area contributed by atoms with Crippen LogP contribution in [0.5, 0.6) is 0 Å². The van der Waals surface area contributed by atoms with Crippen molar-refractivity contribution in [3.63, 3.8) is 0 Å². The van der Waals surface area contributed by atoms with Crippen molar-refractivity contribution in [3.8, 4) is 0 Å². The van der Waals surface area contributed by atoms with Gasteiger partial charge in [0.2, 0.25) is 5.91 Å². The van der Waals surface area contributed by atoms with E-state index in [9.17, 15) is 13.6 Å². The quantitative estimate of drug-likeness (QED) is 0.871. The third-order valence-electron chi connectivity index (χ3n) is 3.80. The van der Waals surface area contributed by atoms with Crippen LogP contribution in [0.15, 0.2) is 18.2 Å². The zero-order chi connectivity index (χ0) is 14.7. The van der Waals surface area contributed by atoms with Crippen molar-refractivity contribution in [2.75, 3.05) is 19.6 Å². The van der Waals surface area contributed by atoms with Crippen molar-refractivity contribution in [2.24, 2.45) is 17.4 Å². The Morgan fingerprint density at radius 2 is 2.00 bits per heavy atom. The summed E-state index contributed by atoms with van der Waals surface area (Å²) in [4.78, 5) is 13.1. The number of carbonyl (C=O) groups excluding carboxylic acids is 1. The van der Waals surface area contributed by atoms with Crippen LogP contribution in [0.1, 0.15) is 24.4 Å². The van der Waals surface area contributed by atoms with Crippen LogP contribution in [0.2, 0.25) is 0 Å². The van der Waals surface area contributed by atoms with E-state index in [1.54, 1.807) is 0 Å². The first-order chi connectivity index (χ1) is 9.47. The molecule has 0 radical (unpaired) electrons. The summed E-state index contributed by atoms with van der Waals surface area (Å²) in [5.74, 6) is -1.35. The minimum atomic E-state index is -0.587. The Balaban J connectivity index is 1.94. The summed E-state index contributed by atoms with van der Waals surface area (Å²) in [5, 5.41) is 0. The molecule has 1 atom stereocenters. The van der Waals surface area contributed by atoms with Gasteiger partial charge in [-0.05, 0) is 44.1 Å². The van der Waals surface area contributed by atoms with Gasteiger partial charge >= 0.3 is 0 Å². The molecule has 1 aliphatic rings. The fraction of sp³-hybridized carbons (Fsp3) is 0.500. The Morgan fingerprint density at radius 1 is 1.35 bits per heavy atom. The molecule has 0 spiro atoms. The lowest BCUT2D eigenvalue weighted by atomic mass is 9.95. The maximum Gasteiger partial charge on any atom is 0.220 e. The summed E-state index contributed by atoms with van der Waals surface area (Å²) in [6, 6.07) is 2.71. The van der Waals surface area contributed by atoms with Gasteiger partial charge in [0, 0.05) is 24.1 Å². The van der Waals surface area contributed by atoms with Crippen LogP contribution in [0.3, 0.4) is 0 Å². The van der Waals surface area contributed by atoms with E-state index in [0.717, 1.165) is 18.2 Å². The molecular formula is C14H19F2N3O. The van der Waals surface area contributed by atoms with Gasteiger partial charge in [-0.25, -0.2) is 8.78 Å². The zero-order valence-electron chi connectivity index (χ0n) is 11.2. The van der Waals surface area contributed by atoms with E-state index in [1.807, 2.05) is 0 Å². The van der Waals surface area contributed by atoms with Gasteiger partial charge < -0.3 is 16.4 Å². The molecule has 1 fully saturated rings. The molecule has 0 saturated carbocycles. The first-order valence-corrected chi connectivity index (χ1v) is 6.69. The van der Waals surface area contributed by atoms with Crippen LogP contribution < -0.4 is 11.5 Å². The molecule has 6 heteroatoms. The minimum absolute atomic E-state index is 0.0895. The smallest absolute Gasteiger partial charge is 0.220 e. The molecule has 1 aromatic carbocycles. The van der Waals surface area contributed by atoms with E-state index in [4.69, 9.17) is 11.5 Å². The maximum atomic E-state index is 13.6. The Kier molecular flexibility index (Phi) is 4.67. The summed E-state index contributed by atoms with van der Waals surface area (Å²) < 4.78 is 26.8. The fourth-order valence-electron chi connectivity index (χ4n) is 2.58. The Bertz CT molecular complexity index is 487. The molecule has 0 aliphatic carbocycles.